The van der Waals surface area contributed by atoms with Crippen molar-refractivity contribution in [2.24, 2.45) is 0 Å². The van der Waals surface area contributed by atoms with Gasteiger partial charge >= 0.3 is 0 Å². The van der Waals surface area contributed by atoms with Crippen molar-refractivity contribution < 1.29 is 22.7 Å². The Bertz CT molecular complexity index is 1340. The van der Waals surface area contributed by atoms with Crippen LogP contribution in [0.1, 0.15) is 46.3 Å². The van der Waals surface area contributed by atoms with Gasteiger partial charge in [0, 0.05) is 6.54 Å². The maximum atomic E-state index is 13.9. The number of sulfonamides is 1. The molecule has 1 unspecified atom stereocenters. The number of methoxy groups -OCH3 is 2. The van der Waals surface area contributed by atoms with E-state index in [0.29, 0.717) is 22.6 Å². The second-order valence-electron chi connectivity index (χ2n) is 9.39. The Balaban J connectivity index is 1.90. The molecular weight excluding hydrogens is 488 g/mol. The zero-order valence-electron chi connectivity index (χ0n) is 22.6. The van der Waals surface area contributed by atoms with Crippen molar-refractivity contribution in [3.63, 3.8) is 0 Å². The predicted molar refractivity (Wildman–Crippen MR) is 146 cm³/mol. The highest BCUT2D eigenvalue weighted by atomic mass is 32.2. The van der Waals surface area contributed by atoms with Crippen molar-refractivity contribution in [3.8, 4) is 11.5 Å². The zero-order valence-corrected chi connectivity index (χ0v) is 23.4. The van der Waals surface area contributed by atoms with Crippen molar-refractivity contribution in [1.29, 1.82) is 0 Å². The lowest BCUT2D eigenvalue weighted by Gasteiger charge is -2.25. The number of benzene rings is 3. The molecule has 37 heavy (non-hydrogen) atoms. The van der Waals surface area contributed by atoms with Gasteiger partial charge in [-0.15, -0.1) is 0 Å². The second kappa shape index (κ2) is 11.8. The van der Waals surface area contributed by atoms with Crippen molar-refractivity contribution >= 4 is 15.9 Å². The Kier molecular flexibility index (Phi) is 8.99. The lowest BCUT2D eigenvalue weighted by Crippen LogP contribution is -2.41. The molecule has 0 aromatic heterocycles. The number of nitrogens with zero attached hydrogens (tertiary/aromatic N) is 1. The zero-order chi connectivity index (χ0) is 27.3. The standard InChI is InChI=1S/C29H36N2O5S/c1-19-8-10-24(11-9-19)17-31(37(33,34)29-21(3)14-20(2)15-22(29)4)18-28(32)30-23(5)25-12-13-26(35-6)27(16-25)36-7/h8-16,23H,17-18H2,1-7H3,(H,30,32). The molecule has 0 aliphatic rings. The second-order valence-corrected chi connectivity index (χ2v) is 11.3. The molecule has 0 saturated carbocycles. The summed E-state index contributed by atoms with van der Waals surface area (Å²) in [6, 6.07) is 16.4. The van der Waals surface area contributed by atoms with E-state index in [-0.39, 0.29) is 24.0 Å². The Hall–Kier alpha value is -3.36. The Morgan fingerprint density at radius 3 is 2.03 bits per heavy atom. The number of rotatable bonds is 10. The van der Waals surface area contributed by atoms with Gasteiger partial charge in [0.15, 0.2) is 11.5 Å². The normalized spacial score (nSPS) is 12.3. The van der Waals surface area contributed by atoms with E-state index in [9.17, 15) is 13.2 Å². The van der Waals surface area contributed by atoms with Gasteiger partial charge in [0.25, 0.3) is 0 Å². The summed E-state index contributed by atoms with van der Waals surface area (Å²) in [7, 11) is -0.859. The molecule has 3 aromatic rings. The molecule has 0 heterocycles. The molecule has 8 heteroatoms. The fourth-order valence-corrected chi connectivity index (χ4v) is 6.27. The van der Waals surface area contributed by atoms with Gasteiger partial charge < -0.3 is 14.8 Å². The van der Waals surface area contributed by atoms with Crippen LogP contribution in [0.15, 0.2) is 59.5 Å². The Morgan fingerprint density at radius 2 is 1.46 bits per heavy atom. The minimum atomic E-state index is -3.97. The monoisotopic (exact) mass is 524 g/mol. The minimum absolute atomic E-state index is 0.0769. The van der Waals surface area contributed by atoms with E-state index >= 15 is 0 Å². The summed E-state index contributed by atoms with van der Waals surface area (Å²) < 4.78 is 39.7. The summed E-state index contributed by atoms with van der Waals surface area (Å²) >= 11 is 0. The van der Waals surface area contributed by atoms with E-state index in [0.717, 1.165) is 22.3 Å². The number of carbonyl (C=O) groups excluding carboxylic acids is 1. The van der Waals surface area contributed by atoms with Crippen LogP contribution in [-0.2, 0) is 21.4 Å². The molecule has 0 fully saturated rings. The average molecular weight is 525 g/mol. The molecule has 198 valence electrons. The molecule has 0 radical (unpaired) electrons. The average Bonchev–Trinajstić information content (AvgIpc) is 2.83. The predicted octanol–water partition coefficient (Wildman–Crippen LogP) is 5.01. The number of hydrogen-bond donors (Lipinski definition) is 1. The molecule has 0 aliphatic heterocycles. The van der Waals surface area contributed by atoms with E-state index in [1.165, 1.54) is 4.31 Å². The van der Waals surface area contributed by atoms with E-state index in [1.807, 2.05) is 63.2 Å². The molecule has 1 N–H and O–H groups in total. The van der Waals surface area contributed by atoms with Gasteiger partial charge in [-0.3, -0.25) is 4.79 Å². The van der Waals surface area contributed by atoms with Crippen LogP contribution in [0.3, 0.4) is 0 Å². The number of ether oxygens (including phenoxy) is 2. The van der Waals surface area contributed by atoms with Crippen LogP contribution < -0.4 is 14.8 Å². The van der Waals surface area contributed by atoms with Crippen molar-refractivity contribution in [3.05, 3.63) is 88.0 Å². The maximum Gasteiger partial charge on any atom is 0.244 e. The van der Waals surface area contributed by atoms with Gasteiger partial charge in [-0.25, -0.2) is 8.42 Å². The highest BCUT2D eigenvalue weighted by Crippen LogP contribution is 2.30. The molecule has 0 spiro atoms. The third-order valence-corrected chi connectivity index (χ3v) is 8.39. The Morgan fingerprint density at radius 1 is 0.865 bits per heavy atom. The third kappa shape index (κ3) is 6.70. The Labute approximate surface area is 220 Å². The summed E-state index contributed by atoms with van der Waals surface area (Å²) in [5.74, 6) is 0.736. The van der Waals surface area contributed by atoms with Crippen molar-refractivity contribution in [2.45, 2.75) is 52.1 Å². The molecule has 3 rings (SSSR count). The number of carbonyl (C=O) groups is 1. The topological polar surface area (TPSA) is 84.9 Å². The fourth-order valence-electron chi connectivity index (χ4n) is 4.48. The molecule has 3 aromatic carbocycles. The summed E-state index contributed by atoms with van der Waals surface area (Å²) in [6.45, 7) is 9.08. The van der Waals surface area contributed by atoms with Crippen molar-refractivity contribution in [2.75, 3.05) is 20.8 Å². The van der Waals surface area contributed by atoms with E-state index in [1.54, 1.807) is 40.2 Å². The first-order valence-electron chi connectivity index (χ1n) is 12.1. The van der Waals surface area contributed by atoms with Crippen LogP contribution in [0, 0.1) is 27.7 Å². The largest absolute Gasteiger partial charge is 0.493 e. The van der Waals surface area contributed by atoms with E-state index in [4.69, 9.17) is 9.47 Å². The number of aryl methyl sites for hydroxylation is 4. The summed E-state index contributed by atoms with van der Waals surface area (Å²) in [5, 5.41) is 2.93. The first-order valence-corrected chi connectivity index (χ1v) is 13.5. The van der Waals surface area contributed by atoms with Crippen LogP contribution in [0.2, 0.25) is 0 Å². The summed E-state index contributed by atoms with van der Waals surface area (Å²) in [6.07, 6.45) is 0. The molecule has 0 aliphatic carbocycles. The molecule has 7 nitrogen and oxygen atoms in total. The fraction of sp³-hybridized carbons (Fsp3) is 0.345. The van der Waals surface area contributed by atoms with Crippen LogP contribution >= 0.6 is 0 Å². The van der Waals surface area contributed by atoms with Gasteiger partial charge in [-0.05, 0) is 69.0 Å². The van der Waals surface area contributed by atoms with E-state index in [2.05, 4.69) is 5.32 Å². The molecule has 1 atom stereocenters. The highest BCUT2D eigenvalue weighted by Gasteiger charge is 2.30. The van der Waals surface area contributed by atoms with Gasteiger partial charge in [0.2, 0.25) is 15.9 Å². The van der Waals surface area contributed by atoms with Gasteiger partial charge in [-0.1, -0.05) is 53.6 Å². The third-order valence-electron chi connectivity index (χ3n) is 6.29. The van der Waals surface area contributed by atoms with Crippen molar-refractivity contribution in [1.82, 2.24) is 9.62 Å². The van der Waals surface area contributed by atoms with Gasteiger partial charge in [-0.2, -0.15) is 4.31 Å². The quantitative estimate of drug-likeness (QED) is 0.403. The number of amides is 1. The minimum Gasteiger partial charge on any atom is -0.493 e. The molecule has 0 bridgehead atoms. The number of hydrogen-bond acceptors (Lipinski definition) is 5. The van der Waals surface area contributed by atoms with Gasteiger partial charge in [0.1, 0.15) is 0 Å². The highest BCUT2D eigenvalue weighted by molar-refractivity contribution is 7.89. The lowest BCUT2D eigenvalue weighted by atomic mass is 10.1. The van der Waals surface area contributed by atoms with E-state index < -0.39 is 15.9 Å². The van der Waals surface area contributed by atoms with Crippen LogP contribution in [0.25, 0.3) is 0 Å². The first kappa shape index (κ1) is 28.2. The van der Waals surface area contributed by atoms with Crippen LogP contribution in [0.4, 0.5) is 0 Å². The van der Waals surface area contributed by atoms with Gasteiger partial charge in [0.05, 0.1) is 31.7 Å². The smallest absolute Gasteiger partial charge is 0.244 e. The molecular formula is C29H36N2O5S. The molecule has 1 amide bonds. The van der Waals surface area contributed by atoms with Crippen LogP contribution in [-0.4, -0.2) is 39.4 Å². The first-order chi connectivity index (χ1) is 17.5. The lowest BCUT2D eigenvalue weighted by molar-refractivity contribution is -0.122. The maximum absolute atomic E-state index is 13.9. The summed E-state index contributed by atoms with van der Waals surface area (Å²) in [5.41, 5.74) is 4.99. The number of nitrogens with one attached hydrogen (secondary N) is 1. The SMILES string of the molecule is COc1ccc(C(C)NC(=O)CN(Cc2ccc(C)cc2)S(=O)(=O)c2c(C)cc(C)cc2C)cc1OC. The summed E-state index contributed by atoms with van der Waals surface area (Å²) in [4.78, 5) is 13.4. The molecule has 0 saturated heterocycles. The van der Waals surface area contributed by atoms with Crippen LogP contribution in [0.5, 0.6) is 11.5 Å².